The summed E-state index contributed by atoms with van der Waals surface area (Å²) in [5.74, 6) is 1.12. The lowest BCUT2D eigenvalue weighted by atomic mass is 9.73. The van der Waals surface area contributed by atoms with Crippen LogP contribution in [-0.4, -0.2) is 66.3 Å². The number of nitrogens with zero attached hydrogens (tertiary/aromatic N) is 3. The first kappa shape index (κ1) is 16.3. The van der Waals surface area contributed by atoms with Crippen LogP contribution in [0.15, 0.2) is 28.8 Å². The van der Waals surface area contributed by atoms with Crippen molar-refractivity contribution in [1.29, 1.82) is 0 Å². The lowest BCUT2D eigenvalue weighted by Crippen LogP contribution is -2.40. The molecule has 26 heavy (non-hydrogen) atoms. The number of ether oxygens (including phenoxy) is 1. The van der Waals surface area contributed by atoms with Crippen molar-refractivity contribution in [3.63, 3.8) is 0 Å². The summed E-state index contributed by atoms with van der Waals surface area (Å²) < 4.78 is 11.8. The topological polar surface area (TPSA) is 58.8 Å². The predicted octanol–water partition coefficient (Wildman–Crippen LogP) is 1.94. The normalized spacial score (nSPS) is 32.7. The molecule has 1 aromatic carbocycles. The Morgan fingerprint density at radius 2 is 2.23 bits per heavy atom. The average Bonchev–Trinajstić information content (AvgIpc) is 3.35. The summed E-state index contributed by atoms with van der Waals surface area (Å²) >= 11 is 0. The number of rotatable bonds is 4. The quantitative estimate of drug-likeness (QED) is 0.839. The Balaban J connectivity index is 1.33. The molecule has 4 atom stereocenters. The molecule has 1 spiro atoms. The van der Waals surface area contributed by atoms with Crippen LogP contribution >= 0.6 is 0 Å². The molecule has 3 aliphatic heterocycles. The molecule has 2 aromatic rings. The molecule has 0 aliphatic carbocycles. The van der Waals surface area contributed by atoms with Crippen LogP contribution in [0.5, 0.6) is 0 Å². The lowest BCUT2D eigenvalue weighted by molar-refractivity contribution is -0.131. The van der Waals surface area contributed by atoms with E-state index in [1.165, 1.54) is 0 Å². The molecule has 6 heteroatoms. The monoisotopic (exact) mass is 355 g/mol. The van der Waals surface area contributed by atoms with Gasteiger partial charge in [0.05, 0.1) is 24.7 Å². The fourth-order valence-electron chi connectivity index (χ4n) is 5.37. The van der Waals surface area contributed by atoms with Gasteiger partial charge in [0.15, 0.2) is 5.58 Å². The van der Waals surface area contributed by atoms with Gasteiger partial charge in [0.25, 0.3) is 0 Å². The highest BCUT2D eigenvalue weighted by atomic mass is 16.5. The van der Waals surface area contributed by atoms with Crippen LogP contribution < -0.4 is 0 Å². The van der Waals surface area contributed by atoms with E-state index in [0.717, 1.165) is 49.1 Å². The smallest absolute Gasteiger partial charge is 0.228 e. The van der Waals surface area contributed by atoms with Crippen LogP contribution in [0.4, 0.5) is 0 Å². The zero-order valence-electron chi connectivity index (χ0n) is 15.4. The van der Waals surface area contributed by atoms with E-state index in [9.17, 15) is 4.79 Å². The molecule has 6 nitrogen and oxygen atoms in total. The number of hydrogen-bond donors (Lipinski definition) is 0. The van der Waals surface area contributed by atoms with Gasteiger partial charge in [-0.25, -0.2) is 0 Å². The third-order valence-corrected chi connectivity index (χ3v) is 6.48. The van der Waals surface area contributed by atoms with Gasteiger partial charge in [-0.05, 0) is 39.1 Å². The third kappa shape index (κ3) is 2.39. The summed E-state index contributed by atoms with van der Waals surface area (Å²) in [6, 6.07) is 7.71. The zero-order chi connectivity index (χ0) is 17.9. The number of para-hydroxylation sites is 1. The Labute approximate surface area is 153 Å². The van der Waals surface area contributed by atoms with E-state index in [0.29, 0.717) is 24.4 Å². The van der Waals surface area contributed by atoms with Crippen LogP contribution in [0.2, 0.25) is 0 Å². The van der Waals surface area contributed by atoms with Crippen molar-refractivity contribution in [1.82, 2.24) is 15.0 Å². The van der Waals surface area contributed by atoms with Gasteiger partial charge in [-0.15, -0.1) is 0 Å². The van der Waals surface area contributed by atoms with Gasteiger partial charge in [-0.3, -0.25) is 4.79 Å². The van der Waals surface area contributed by atoms with Crippen LogP contribution in [-0.2, 0) is 16.0 Å². The van der Waals surface area contributed by atoms with Crippen LogP contribution in [0.1, 0.15) is 18.5 Å². The summed E-state index contributed by atoms with van der Waals surface area (Å²) in [6.07, 6.45) is 2.88. The second-order valence-electron chi connectivity index (χ2n) is 8.37. The third-order valence-electron chi connectivity index (χ3n) is 6.48. The van der Waals surface area contributed by atoms with Crippen molar-refractivity contribution in [2.24, 2.45) is 11.8 Å². The van der Waals surface area contributed by atoms with Gasteiger partial charge in [0, 0.05) is 30.3 Å². The molecule has 3 saturated heterocycles. The maximum Gasteiger partial charge on any atom is 0.228 e. The van der Waals surface area contributed by atoms with Gasteiger partial charge in [-0.1, -0.05) is 17.3 Å². The van der Waals surface area contributed by atoms with Crippen molar-refractivity contribution in [2.75, 3.05) is 33.7 Å². The van der Waals surface area contributed by atoms with Gasteiger partial charge in [-0.2, -0.15) is 0 Å². The summed E-state index contributed by atoms with van der Waals surface area (Å²) in [4.78, 5) is 17.2. The summed E-state index contributed by atoms with van der Waals surface area (Å²) in [7, 11) is 4.23. The molecule has 0 radical (unpaired) electrons. The van der Waals surface area contributed by atoms with E-state index in [1.807, 2.05) is 29.2 Å². The van der Waals surface area contributed by atoms with Crippen LogP contribution in [0, 0.1) is 11.8 Å². The highest BCUT2D eigenvalue weighted by molar-refractivity contribution is 5.86. The molecule has 1 aromatic heterocycles. The minimum absolute atomic E-state index is 0.104. The molecule has 4 heterocycles. The Morgan fingerprint density at radius 3 is 3.08 bits per heavy atom. The lowest BCUT2D eigenvalue weighted by Gasteiger charge is -2.30. The van der Waals surface area contributed by atoms with Crippen LogP contribution in [0.25, 0.3) is 11.0 Å². The Morgan fingerprint density at radius 1 is 1.38 bits per heavy atom. The van der Waals surface area contributed by atoms with E-state index in [-0.39, 0.29) is 11.5 Å². The molecule has 138 valence electrons. The first-order valence-electron chi connectivity index (χ1n) is 9.49. The minimum Gasteiger partial charge on any atom is -0.369 e. The molecule has 3 fully saturated rings. The van der Waals surface area contributed by atoms with Gasteiger partial charge >= 0.3 is 0 Å². The molecule has 0 unspecified atom stereocenters. The number of benzene rings is 1. The number of hydrogen-bond acceptors (Lipinski definition) is 5. The van der Waals surface area contributed by atoms with E-state index < -0.39 is 0 Å². The number of carbonyl (C=O) groups excluding carboxylic acids is 1. The van der Waals surface area contributed by atoms with Gasteiger partial charge in [0.2, 0.25) is 5.91 Å². The largest absolute Gasteiger partial charge is 0.369 e. The van der Waals surface area contributed by atoms with Crippen LogP contribution in [0.3, 0.4) is 0 Å². The van der Waals surface area contributed by atoms with Crippen molar-refractivity contribution < 1.29 is 14.1 Å². The SMILES string of the molecule is CN(C)C[C@H]1[C@@H]2CC[C@@]3(CN(C(=O)Cc4noc5ccccc45)C[C@@H]13)O2. The maximum absolute atomic E-state index is 13.0. The Bertz CT molecular complexity index is 848. The second-order valence-corrected chi connectivity index (χ2v) is 8.37. The second kappa shape index (κ2) is 5.79. The van der Waals surface area contributed by atoms with Crippen molar-refractivity contribution in [3.05, 3.63) is 30.0 Å². The maximum atomic E-state index is 13.0. The zero-order valence-corrected chi connectivity index (χ0v) is 15.4. The Hall–Kier alpha value is -1.92. The molecular formula is C20H25N3O3. The first-order chi connectivity index (χ1) is 12.6. The highest BCUT2D eigenvalue weighted by Gasteiger charge is 2.63. The van der Waals surface area contributed by atoms with E-state index in [2.05, 4.69) is 24.2 Å². The molecule has 1 amide bonds. The van der Waals surface area contributed by atoms with Gasteiger partial charge in [0.1, 0.15) is 5.69 Å². The molecular weight excluding hydrogens is 330 g/mol. The minimum atomic E-state index is -0.104. The number of amides is 1. The van der Waals surface area contributed by atoms with E-state index >= 15 is 0 Å². The van der Waals surface area contributed by atoms with Gasteiger partial charge < -0.3 is 19.1 Å². The average molecular weight is 355 g/mol. The van der Waals surface area contributed by atoms with Crippen molar-refractivity contribution in [2.45, 2.75) is 31.0 Å². The summed E-state index contributed by atoms with van der Waals surface area (Å²) in [5.41, 5.74) is 1.36. The van der Waals surface area contributed by atoms with E-state index in [4.69, 9.17) is 9.26 Å². The first-order valence-corrected chi connectivity index (χ1v) is 9.49. The number of fused-ring (bicyclic) bond motifs is 2. The molecule has 0 saturated carbocycles. The van der Waals surface area contributed by atoms with Crippen molar-refractivity contribution in [3.8, 4) is 0 Å². The summed E-state index contributed by atoms with van der Waals surface area (Å²) in [5, 5.41) is 5.05. The Kier molecular flexibility index (Phi) is 3.62. The standard InChI is InChI=1S/C20H25N3O3/c1-22(2)10-14-15-11-23(12-20(15)8-7-17(14)25-20)19(24)9-16-13-5-3-4-6-18(13)26-21-16/h3-6,14-15,17H,7-12H2,1-2H3/t14-,15+,17+,20+/m1/s1. The molecule has 0 N–H and O–H groups in total. The fourth-order valence-corrected chi connectivity index (χ4v) is 5.37. The fraction of sp³-hybridized carbons (Fsp3) is 0.600. The summed E-state index contributed by atoms with van der Waals surface area (Å²) in [6.45, 7) is 2.57. The van der Waals surface area contributed by atoms with E-state index in [1.54, 1.807) is 0 Å². The highest BCUT2D eigenvalue weighted by Crippen LogP contribution is 2.54. The number of carbonyl (C=O) groups is 1. The molecule has 3 aliphatic rings. The van der Waals surface area contributed by atoms with Crippen molar-refractivity contribution >= 4 is 16.9 Å². The predicted molar refractivity (Wildman–Crippen MR) is 96.7 cm³/mol. The number of likely N-dealkylation sites (tertiary alicyclic amines) is 1. The molecule has 2 bridgehead atoms. The number of aromatic nitrogens is 1. The molecule has 5 rings (SSSR count).